The van der Waals surface area contributed by atoms with Crippen LogP contribution in [0.5, 0.6) is 0 Å². The zero-order chi connectivity index (χ0) is 48.4. The highest BCUT2D eigenvalue weighted by Crippen LogP contribution is 2.60. The van der Waals surface area contributed by atoms with Crippen LogP contribution < -0.4 is 10.2 Å². The molecule has 0 amide bonds. The Kier molecular flexibility index (Phi) is 10.2. The van der Waals surface area contributed by atoms with Gasteiger partial charge in [0.05, 0.1) is 22.5 Å². The van der Waals surface area contributed by atoms with Gasteiger partial charge in [-0.05, 0) is 103 Å². The average Bonchev–Trinajstić information content (AvgIpc) is 3.88. The molecule has 3 nitrogen and oxygen atoms in total. The van der Waals surface area contributed by atoms with Crippen molar-refractivity contribution in [1.29, 1.82) is 5.41 Å². The predicted molar refractivity (Wildman–Crippen MR) is 300 cm³/mol. The quantitative estimate of drug-likeness (QED) is 0.142. The van der Waals surface area contributed by atoms with Gasteiger partial charge in [0.1, 0.15) is 0 Å². The number of rotatable bonds is 9. The summed E-state index contributed by atoms with van der Waals surface area (Å²) in [5.74, 6) is 0. The first-order chi connectivity index (χ1) is 35.4. The Bertz CT molecular complexity index is 3760. The van der Waals surface area contributed by atoms with Crippen LogP contribution >= 0.6 is 0 Å². The van der Waals surface area contributed by atoms with E-state index < -0.39 is 5.41 Å². The van der Waals surface area contributed by atoms with Crippen LogP contribution in [0.2, 0.25) is 0 Å². The largest absolute Gasteiger partial charge is 0.354 e. The van der Waals surface area contributed by atoms with Gasteiger partial charge in [0.2, 0.25) is 0 Å². The second-order valence-corrected chi connectivity index (χ2v) is 19.6. The molecule has 3 heteroatoms. The highest BCUT2D eigenvalue weighted by Gasteiger charge is 2.47. The van der Waals surface area contributed by atoms with E-state index in [4.69, 9.17) is 0 Å². The normalized spacial score (nSPS) is 14.9. The minimum absolute atomic E-state index is 0.217. The zero-order valence-electron chi connectivity index (χ0n) is 40.3. The first kappa shape index (κ1) is 43.0. The van der Waals surface area contributed by atoms with Gasteiger partial charge in [-0.15, -0.1) is 0 Å². The second kappa shape index (κ2) is 17.1. The number of hydrogen-bond acceptors (Lipinski definition) is 3. The fourth-order valence-electron chi connectivity index (χ4n) is 12.1. The topological polar surface area (TPSA) is 39.1 Å². The first-order valence-corrected chi connectivity index (χ1v) is 24.9. The Hall–Kier alpha value is -9.05. The number of benzene rings is 10. The van der Waals surface area contributed by atoms with Crippen LogP contribution in [0.15, 0.2) is 255 Å². The molecule has 2 aliphatic carbocycles. The molecule has 2 N–H and O–H groups in total. The zero-order valence-corrected chi connectivity index (χ0v) is 40.3. The number of anilines is 3. The third-order valence-electron chi connectivity index (χ3n) is 15.4. The van der Waals surface area contributed by atoms with E-state index in [0.717, 1.165) is 61.8 Å². The number of nitrogens with one attached hydrogen (secondary N) is 2. The Morgan fingerprint density at radius 1 is 0.431 bits per heavy atom. The predicted octanol–water partition coefficient (Wildman–Crippen LogP) is 16.9. The summed E-state index contributed by atoms with van der Waals surface area (Å²) in [4.78, 5) is 2.50. The fourth-order valence-corrected chi connectivity index (χ4v) is 12.1. The van der Waals surface area contributed by atoms with Crippen molar-refractivity contribution in [2.24, 2.45) is 0 Å². The van der Waals surface area contributed by atoms with E-state index in [9.17, 15) is 5.41 Å². The van der Waals surface area contributed by atoms with Crippen molar-refractivity contribution in [3.63, 3.8) is 0 Å². The third kappa shape index (κ3) is 6.69. The molecule has 1 heterocycles. The van der Waals surface area contributed by atoms with Gasteiger partial charge in [-0.3, -0.25) is 5.41 Å². The molecule has 0 fully saturated rings. The molecule has 0 atom stereocenters. The van der Waals surface area contributed by atoms with E-state index in [1.807, 2.05) is 36.4 Å². The first-order valence-electron chi connectivity index (χ1n) is 24.9. The van der Waals surface area contributed by atoms with Gasteiger partial charge < -0.3 is 10.2 Å². The van der Waals surface area contributed by atoms with E-state index in [1.165, 1.54) is 55.6 Å². The van der Waals surface area contributed by atoms with E-state index in [2.05, 4.69) is 249 Å². The Morgan fingerprint density at radius 2 is 0.958 bits per heavy atom. The standard InChI is InChI=1S/C69H51N3/c1-68(2)58-35-20-18-33-54(58)55-42-41-53(45-61(55)68)72(63-38-22-37-60-65(63)56-34-19-21-36-59(56)69(60,50-29-14-6-15-30-50)51-31-16-7-17-32-51)52-40-39-49-43-62(46-23-8-3-9-24-46)71-67(57(49)44-52)64(47-25-10-4-11-26-47)66(70)48-27-12-5-13-28-48/h3-45,70-71H,1-2H3/b67-64-,70-66?. The van der Waals surface area contributed by atoms with Gasteiger partial charge in [0.15, 0.2) is 0 Å². The molecule has 0 bridgehead atoms. The number of fused-ring (bicyclic) bond motifs is 7. The summed E-state index contributed by atoms with van der Waals surface area (Å²) in [5.41, 5.74) is 23.1. The van der Waals surface area contributed by atoms with Gasteiger partial charge in [0, 0.05) is 44.8 Å². The lowest BCUT2D eigenvalue weighted by molar-refractivity contribution is 0.660. The van der Waals surface area contributed by atoms with Crippen LogP contribution in [-0.4, -0.2) is 5.71 Å². The molecule has 0 radical (unpaired) electrons. The summed E-state index contributed by atoms with van der Waals surface area (Å²) in [5, 5.41) is 14.0. The van der Waals surface area contributed by atoms with Gasteiger partial charge in [0.25, 0.3) is 0 Å². The molecule has 72 heavy (non-hydrogen) atoms. The highest BCUT2D eigenvalue weighted by atomic mass is 15.1. The highest BCUT2D eigenvalue weighted by molar-refractivity contribution is 6.36. The van der Waals surface area contributed by atoms with Crippen molar-refractivity contribution in [1.82, 2.24) is 5.32 Å². The molecule has 10 aromatic carbocycles. The maximum Gasteiger partial charge on any atom is 0.0714 e. The minimum atomic E-state index is -0.575. The third-order valence-corrected chi connectivity index (χ3v) is 15.4. The molecule has 0 saturated carbocycles. The van der Waals surface area contributed by atoms with Gasteiger partial charge in [-0.2, -0.15) is 0 Å². The van der Waals surface area contributed by atoms with Crippen molar-refractivity contribution < 1.29 is 0 Å². The molecule has 0 spiro atoms. The lowest BCUT2D eigenvalue weighted by atomic mass is 9.68. The van der Waals surface area contributed by atoms with Crippen LogP contribution in [0.1, 0.15) is 75.0 Å². The summed E-state index contributed by atoms with van der Waals surface area (Å²) in [6, 6.07) is 92.0. The SMILES string of the molecule is CC1(C)c2ccccc2-c2ccc(N(c3ccc4c(c3)/C(=C(/C(=N)c3ccccc3)c3ccccc3)NC(c3ccccc3)=C4)c3cccc4c3-c3ccccc3C4(c3ccccc3)c3ccccc3)cc21. The van der Waals surface area contributed by atoms with Crippen molar-refractivity contribution in [2.75, 3.05) is 4.90 Å². The molecule has 10 aromatic rings. The van der Waals surface area contributed by atoms with Crippen molar-refractivity contribution in [3.8, 4) is 22.3 Å². The Morgan fingerprint density at radius 3 is 1.64 bits per heavy atom. The molecule has 1 aliphatic heterocycles. The monoisotopic (exact) mass is 921 g/mol. The average molecular weight is 922 g/mol. The molecule has 342 valence electrons. The summed E-state index contributed by atoms with van der Waals surface area (Å²) < 4.78 is 0. The number of nitrogens with zero attached hydrogens (tertiary/aromatic N) is 1. The lowest BCUT2D eigenvalue weighted by Gasteiger charge is -2.35. The number of hydrogen-bond donors (Lipinski definition) is 2. The summed E-state index contributed by atoms with van der Waals surface area (Å²) in [7, 11) is 0. The number of allylic oxidation sites excluding steroid dienone is 1. The van der Waals surface area contributed by atoms with Crippen LogP contribution in [-0.2, 0) is 10.8 Å². The molecule has 3 aliphatic rings. The molecular formula is C69H51N3. The minimum Gasteiger partial charge on any atom is -0.354 e. The molecule has 13 rings (SSSR count). The van der Waals surface area contributed by atoms with Crippen molar-refractivity contribution in [3.05, 3.63) is 316 Å². The maximum atomic E-state index is 10.0. The fraction of sp³-hybridized carbons (Fsp3) is 0.0580. The van der Waals surface area contributed by atoms with Crippen LogP contribution in [0, 0.1) is 5.41 Å². The Labute approximate surface area is 422 Å². The van der Waals surface area contributed by atoms with Gasteiger partial charge in [-0.25, -0.2) is 0 Å². The molecule has 0 saturated heterocycles. The smallest absolute Gasteiger partial charge is 0.0714 e. The van der Waals surface area contributed by atoms with E-state index in [-0.39, 0.29) is 5.41 Å². The molecule has 0 unspecified atom stereocenters. The van der Waals surface area contributed by atoms with Gasteiger partial charge >= 0.3 is 0 Å². The van der Waals surface area contributed by atoms with Crippen molar-refractivity contribution in [2.45, 2.75) is 24.7 Å². The molecular weight excluding hydrogens is 871 g/mol. The van der Waals surface area contributed by atoms with Crippen LogP contribution in [0.3, 0.4) is 0 Å². The van der Waals surface area contributed by atoms with Crippen LogP contribution in [0.25, 0.3) is 45.3 Å². The summed E-state index contributed by atoms with van der Waals surface area (Å²) in [6.07, 6.45) is 2.26. The van der Waals surface area contributed by atoms with E-state index in [0.29, 0.717) is 5.71 Å². The second-order valence-electron chi connectivity index (χ2n) is 19.6. The van der Waals surface area contributed by atoms with E-state index in [1.54, 1.807) is 0 Å². The van der Waals surface area contributed by atoms with Gasteiger partial charge in [-0.1, -0.05) is 238 Å². The van der Waals surface area contributed by atoms with Crippen LogP contribution in [0.4, 0.5) is 17.1 Å². The van der Waals surface area contributed by atoms with E-state index >= 15 is 0 Å². The maximum absolute atomic E-state index is 10.0. The molecule has 0 aromatic heterocycles. The summed E-state index contributed by atoms with van der Waals surface area (Å²) in [6.45, 7) is 4.73. The van der Waals surface area contributed by atoms with Crippen molar-refractivity contribution >= 4 is 45.8 Å². The Balaban J connectivity index is 1.11. The summed E-state index contributed by atoms with van der Waals surface area (Å²) >= 11 is 0. The lowest BCUT2D eigenvalue weighted by Crippen LogP contribution is -2.28.